The molecular formula is C10H10F4N2O2. The highest BCUT2D eigenvalue weighted by molar-refractivity contribution is 5.95. The lowest BCUT2D eigenvalue weighted by molar-refractivity contribution is -0.325. The van der Waals surface area contributed by atoms with Crippen LogP contribution in [0.2, 0.25) is 0 Å². The van der Waals surface area contributed by atoms with Gasteiger partial charge in [0.15, 0.2) is 11.6 Å². The Morgan fingerprint density at radius 1 is 1.28 bits per heavy atom. The molecule has 8 heteroatoms. The molecule has 0 spiro atoms. The zero-order valence-corrected chi connectivity index (χ0v) is 9.05. The Labute approximate surface area is 99.8 Å². The summed E-state index contributed by atoms with van der Waals surface area (Å²) in [5, 5.41) is 7.06. The van der Waals surface area contributed by atoms with Gasteiger partial charge in [0.25, 0.3) is 0 Å². The van der Waals surface area contributed by atoms with Crippen LogP contribution < -0.4 is 10.5 Å². The van der Waals surface area contributed by atoms with Crippen LogP contribution in [0.4, 0.5) is 17.6 Å². The highest BCUT2D eigenvalue weighted by atomic mass is 19.4. The summed E-state index contributed by atoms with van der Waals surface area (Å²) in [5.41, 5.74) is 5.29. The molecule has 4 nitrogen and oxygen atoms in total. The Kier molecular flexibility index (Phi) is 4.49. The van der Waals surface area contributed by atoms with Crippen LogP contribution in [-0.2, 0) is 4.74 Å². The molecule has 100 valence electrons. The van der Waals surface area contributed by atoms with Gasteiger partial charge in [-0.25, -0.2) is 4.39 Å². The third kappa shape index (κ3) is 4.58. The van der Waals surface area contributed by atoms with Crippen molar-refractivity contribution in [2.75, 3.05) is 13.2 Å². The van der Waals surface area contributed by atoms with Gasteiger partial charge in [-0.1, -0.05) is 0 Å². The van der Waals surface area contributed by atoms with Crippen molar-refractivity contribution in [2.24, 2.45) is 5.73 Å². The van der Waals surface area contributed by atoms with Crippen molar-refractivity contribution in [3.63, 3.8) is 0 Å². The molecule has 1 aromatic carbocycles. The van der Waals surface area contributed by atoms with Crippen LogP contribution in [-0.4, -0.2) is 25.4 Å². The maximum absolute atomic E-state index is 13.3. The zero-order chi connectivity index (χ0) is 13.8. The number of rotatable bonds is 5. The fourth-order valence-corrected chi connectivity index (χ4v) is 1.09. The van der Waals surface area contributed by atoms with E-state index in [4.69, 9.17) is 15.9 Å². The largest absolute Gasteiger partial charge is 0.522 e. The standard InChI is InChI=1S/C10H10F4N2O2/c11-7-5-6(9(15)16)1-2-8(7)17-3-4-18-10(12,13)14/h1-2,5H,3-4H2,(H3,15,16). The molecule has 0 aliphatic heterocycles. The number of nitrogens with one attached hydrogen (secondary N) is 1. The first kappa shape index (κ1) is 14.2. The SMILES string of the molecule is N=C(N)c1ccc(OCCOC(F)(F)F)c(F)c1. The number of nitrogen functional groups attached to an aromatic ring is 1. The van der Waals surface area contributed by atoms with Gasteiger partial charge in [-0.3, -0.25) is 10.1 Å². The van der Waals surface area contributed by atoms with E-state index in [1.165, 1.54) is 12.1 Å². The van der Waals surface area contributed by atoms with Crippen molar-refractivity contribution in [1.82, 2.24) is 0 Å². The fourth-order valence-electron chi connectivity index (χ4n) is 1.09. The summed E-state index contributed by atoms with van der Waals surface area (Å²) in [4.78, 5) is 0. The van der Waals surface area contributed by atoms with Crippen LogP contribution in [0.5, 0.6) is 5.75 Å². The molecule has 0 saturated heterocycles. The number of halogens is 4. The number of benzene rings is 1. The van der Waals surface area contributed by atoms with Gasteiger partial charge in [0.05, 0.1) is 6.61 Å². The molecule has 18 heavy (non-hydrogen) atoms. The van der Waals surface area contributed by atoms with Crippen LogP contribution in [0.1, 0.15) is 5.56 Å². The number of amidine groups is 1. The van der Waals surface area contributed by atoms with Gasteiger partial charge in [0.1, 0.15) is 12.4 Å². The third-order valence-electron chi connectivity index (χ3n) is 1.85. The quantitative estimate of drug-likeness (QED) is 0.371. The minimum atomic E-state index is -4.74. The van der Waals surface area contributed by atoms with Crippen LogP contribution >= 0.6 is 0 Å². The fraction of sp³-hybridized carbons (Fsp3) is 0.300. The van der Waals surface area contributed by atoms with Gasteiger partial charge in [-0.15, -0.1) is 13.2 Å². The summed E-state index contributed by atoms with van der Waals surface area (Å²) in [6.07, 6.45) is -4.74. The van der Waals surface area contributed by atoms with E-state index >= 15 is 0 Å². The summed E-state index contributed by atoms with van der Waals surface area (Å²) >= 11 is 0. The Morgan fingerprint density at radius 2 is 1.94 bits per heavy atom. The maximum Gasteiger partial charge on any atom is 0.522 e. The molecule has 0 aliphatic rings. The molecule has 0 aliphatic carbocycles. The van der Waals surface area contributed by atoms with Crippen molar-refractivity contribution in [3.8, 4) is 5.75 Å². The van der Waals surface area contributed by atoms with Gasteiger partial charge >= 0.3 is 6.36 Å². The second kappa shape index (κ2) is 5.67. The molecule has 0 atom stereocenters. The molecular weight excluding hydrogens is 256 g/mol. The van der Waals surface area contributed by atoms with Crippen LogP contribution in [0.3, 0.4) is 0 Å². The van der Waals surface area contributed by atoms with Crippen LogP contribution in [0.25, 0.3) is 0 Å². The normalized spacial score (nSPS) is 11.3. The van der Waals surface area contributed by atoms with Gasteiger partial charge in [0.2, 0.25) is 0 Å². The van der Waals surface area contributed by atoms with Gasteiger partial charge in [-0.05, 0) is 18.2 Å². The van der Waals surface area contributed by atoms with Crippen LogP contribution in [0, 0.1) is 11.2 Å². The molecule has 0 radical (unpaired) electrons. The summed E-state index contributed by atoms with van der Waals surface area (Å²) < 4.78 is 56.4. The smallest absolute Gasteiger partial charge is 0.488 e. The molecule has 0 unspecified atom stereocenters. The lowest BCUT2D eigenvalue weighted by atomic mass is 10.2. The average Bonchev–Trinajstić information content (AvgIpc) is 2.24. The third-order valence-corrected chi connectivity index (χ3v) is 1.85. The van der Waals surface area contributed by atoms with E-state index in [-0.39, 0.29) is 17.1 Å². The molecule has 0 fully saturated rings. The van der Waals surface area contributed by atoms with Crippen molar-refractivity contribution < 1.29 is 27.0 Å². The Morgan fingerprint density at radius 3 is 2.44 bits per heavy atom. The highest BCUT2D eigenvalue weighted by Gasteiger charge is 2.28. The van der Waals surface area contributed by atoms with E-state index in [9.17, 15) is 17.6 Å². The van der Waals surface area contributed by atoms with Gasteiger partial charge < -0.3 is 10.5 Å². The summed E-state index contributed by atoms with van der Waals surface area (Å²) in [6, 6.07) is 3.47. The molecule has 0 heterocycles. The van der Waals surface area contributed by atoms with E-state index in [1.807, 2.05) is 0 Å². The van der Waals surface area contributed by atoms with Gasteiger partial charge in [-0.2, -0.15) is 0 Å². The second-order valence-corrected chi connectivity index (χ2v) is 3.20. The van der Waals surface area contributed by atoms with E-state index < -0.39 is 25.4 Å². The minimum absolute atomic E-state index is 0.159. The van der Waals surface area contributed by atoms with Gasteiger partial charge in [0, 0.05) is 5.56 Å². The average molecular weight is 266 g/mol. The zero-order valence-electron chi connectivity index (χ0n) is 9.05. The lowest BCUT2D eigenvalue weighted by Gasteiger charge is -2.10. The van der Waals surface area contributed by atoms with E-state index in [0.717, 1.165) is 6.07 Å². The summed E-state index contributed by atoms with van der Waals surface area (Å²) in [7, 11) is 0. The van der Waals surface area contributed by atoms with Crippen molar-refractivity contribution in [1.29, 1.82) is 5.41 Å². The topological polar surface area (TPSA) is 68.3 Å². The minimum Gasteiger partial charge on any atom is -0.488 e. The number of ether oxygens (including phenoxy) is 2. The maximum atomic E-state index is 13.3. The number of nitrogens with two attached hydrogens (primary N) is 1. The monoisotopic (exact) mass is 266 g/mol. The molecule has 0 aromatic heterocycles. The summed E-state index contributed by atoms with van der Waals surface area (Å²) in [6.45, 7) is -1.19. The van der Waals surface area contributed by atoms with Crippen molar-refractivity contribution >= 4 is 5.84 Å². The Hall–Kier alpha value is -1.83. The highest BCUT2D eigenvalue weighted by Crippen LogP contribution is 2.19. The molecule has 3 N–H and O–H groups in total. The van der Waals surface area contributed by atoms with Crippen molar-refractivity contribution in [3.05, 3.63) is 29.6 Å². The lowest BCUT2D eigenvalue weighted by Crippen LogP contribution is -2.18. The van der Waals surface area contributed by atoms with Crippen LogP contribution in [0.15, 0.2) is 18.2 Å². The van der Waals surface area contributed by atoms with E-state index in [0.29, 0.717) is 0 Å². The number of alkyl halides is 3. The molecule has 0 amide bonds. The summed E-state index contributed by atoms with van der Waals surface area (Å²) in [5.74, 6) is -1.36. The molecule has 0 bridgehead atoms. The molecule has 1 rings (SSSR count). The predicted octanol–water partition coefficient (Wildman–Crippen LogP) is 2.02. The first-order chi connectivity index (χ1) is 8.29. The Bertz CT molecular complexity index is 434. The predicted molar refractivity (Wildman–Crippen MR) is 54.9 cm³/mol. The molecule has 0 saturated carbocycles. The Balaban J connectivity index is 2.51. The van der Waals surface area contributed by atoms with E-state index in [2.05, 4.69) is 4.74 Å². The first-order valence-electron chi connectivity index (χ1n) is 4.77. The first-order valence-corrected chi connectivity index (χ1v) is 4.77. The number of hydrogen-bond acceptors (Lipinski definition) is 3. The van der Waals surface area contributed by atoms with E-state index in [1.54, 1.807) is 0 Å². The second-order valence-electron chi connectivity index (χ2n) is 3.20. The van der Waals surface area contributed by atoms with Crippen molar-refractivity contribution in [2.45, 2.75) is 6.36 Å². The molecule has 1 aromatic rings. The number of hydrogen-bond donors (Lipinski definition) is 2.